The van der Waals surface area contributed by atoms with Gasteiger partial charge in [-0.3, -0.25) is 4.79 Å². The third kappa shape index (κ3) is 3.53. The molecule has 0 aliphatic carbocycles. The maximum Gasteiger partial charge on any atom is 0.306 e. The number of hydrogen-bond acceptors (Lipinski definition) is 3. The highest BCUT2D eigenvalue weighted by molar-refractivity contribution is 5.70. The Morgan fingerprint density at radius 2 is 2.33 bits per heavy atom. The molecular weight excluding hydrogens is 156 g/mol. The van der Waals surface area contributed by atoms with Crippen LogP contribution in [0, 0.1) is 5.41 Å². The van der Waals surface area contributed by atoms with Crippen LogP contribution in [0.4, 0.5) is 0 Å². The van der Waals surface area contributed by atoms with Crippen LogP contribution in [0.25, 0.3) is 0 Å². The van der Waals surface area contributed by atoms with Crippen molar-refractivity contribution in [1.82, 2.24) is 0 Å². The summed E-state index contributed by atoms with van der Waals surface area (Å²) in [5.74, 6) is -0.297. The minimum absolute atomic E-state index is 0.0880. The standard InChI is InChI=1S/C9H16O3/c1-4-9(3,7-10)6-8(11)12-5-2/h4,10H,1,5-7H2,2-3H3. The monoisotopic (exact) mass is 172 g/mol. The van der Waals surface area contributed by atoms with Gasteiger partial charge in [0.1, 0.15) is 0 Å². The maximum absolute atomic E-state index is 11.0. The van der Waals surface area contributed by atoms with Crippen LogP contribution in [0.15, 0.2) is 12.7 Å². The fourth-order valence-corrected chi connectivity index (χ4v) is 0.734. The van der Waals surface area contributed by atoms with E-state index in [1.54, 1.807) is 19.9 Å². The number of rotatable bonds is 5. The lowest BCUT2D eigenvalue weighted by atomic mass is 9.88. The largest absolute Gasteiger partial charge is 0.466 e. The molecule has 3 nitrogen and oxygen atoms in total. The average Bonchev–Trinajstić information content (AvgIpc) is 2.05. The highest BCUT2D eigenvalue weighted by atomic mass is 16.5. The minimum atomic E-state index is -0.549. The number of carbonyl (C=O) groups excluding carboxylic acids is 1. The van der Waals surface area contributed by atoms with Gasteiger partial charge in [-0.25, -0.2) is 0 Å². The molecule has 0 saturated heterocycles. The lowest BCUT2D eigenvalue weighted by Gasteiger charge is -2.20. The van der Waals surface area contributed by atoms with E-state index in [0.717, 1.165) is 0 Å². The number of hydrogen-bond donors (Lipinski definition) is 1. The second kappa shape index (κ2) is 4.93. The Kier molecular flexibility index (Phi) is 4.59. The third-order valence-corrected chi connectivity index (χ3v) is 1.71. The lowest BCUT2D eigenvalue weighted by Crippen LogP contribution is -2.23. The Morgan fingerprint density at radius 1 is 1.75 bits per heavy atom. The molecule has 1 atom stereocenters. The molecule has 0 aromatic heterocycles. The molecule has 0 amide bonds. The van der Waals surface area contributed by atoms with E-state index in [1.165, 1.54) is 0 Å². The van der Waals surface area contributed by atoms with Crippen molar-refractivity contribution in [3.63, 3.8) is 0 Å². The van der Waals surface area contributed by atoms with E-state index >= 15 is 0 Å². The molecule has 0 aromatic carbocycles. The van der Waals surface area contributed by atoms with Gasteiger partial charge in [0.15, 0.2) is 0 Å². The summed E-state index contributed by atoms with van der Waals surface area (Å²) in [5, 5.41) is 8.92. The molecule has 0 saturated carbocycles. The SMILES string of the molecule is C=CC(C)(CO)CC(=O)OCC. The maximum atomic E-state index is 11.0. The first-order chi connectivity index (χ1) is 5.58. The summed E-state index contributed by atoms with van der Waals surface area (Å²) in [6.45, 7) is 7.35. The third-order valence-electron chi connectivity index (χ3n) is 1.71. The summed E-state index contributed by atoms with van der Waals surface area (Å²) in [5.41, 5.74) is -0.549. The van der Waals surface area contributed by atoms with E-state index in [4.69, 9.17) is 9.84 Å². The van der Waals surface area contributed by atoms with Crippen LogP contribution in [0.2, 0.25) is 0 Å². The smallest absolute Gasteiger partial charge is 0.306 e. The zero-order chi connectivity index (χ0) is 9.61. The van der Waals surface area contributed by atoms with Crippen molar-refractivity contribution in [3.05, 3.63) is 12.7 Å². The molecule has 0 fully saturated rings. The van der Waals surface area contributed by atoms with Crippen LogP contribution in [0.3, 0.4) is 0 Å². The topological polar surface area (TPSA) is 46.5 Å². The van der Waals surface area contributed by atoms with Gasteiger partial charge in [-0.1, -0.05) is 13.0 Å². The van der Waals surface area contributed by atoms with Gasteiger partial charge in [0.2, 0.25) is 0 Å². The van der Waals surface area contributed by atoms with E-state index < -0.39 is 5.41 Å². The van der Waals surface area contributed by atoms with Crippen LogP contribution in [0.5, 0.6) is 0 Å². The fraction of sp³-hybridized carbons (Fsp3) is 0.667. The van der Waals surface area contributed by atoms with Crippen molar-refractivity contribution < 1.29 is 14.6 Å². The second-order valence-corrected chi connectivity index (χ2v) is 3.00. The summed E-state index contributed by atoms with van der Waals surface area (Å²) in [4.78, 5) is 11.0. The molecule has 0 heterocycles. The van der Waals surface area contributed by atoms with Crippen LogP contribution in [0.1, 0.15) is 20.3 Å². The highest BCUT2D eigenvalue weighted by Gasteiger charge is 2.23. The van der Waals surface area contributed by atoms with Crippen molar-refractivity contribution in [2.45, 2.75) is 20.3 Å². The van der Waals surface area contributed by atoms with Crippen LogP contribution >= 0.6 is 0 Å². The summed E-state index contributed by atoms with van der Waals surface area (Å²) in [7, 11) is 0. The van der Waals surface area contributed by atoms with E-state index in [1.807, 2.05) is 0 Å². The molecule has 0 bridgehead atoms. The molecule has 1 N–H and O–H groups in total. The molecule has 0 radical (unpaired) electrons. The first kappa shape index (κ1) is 11.2. The van der Waals surface area contributed by atoms with Crippen LogP contribution in [-0.2, 0) is 9.53 Å². The van der Waals surface area contributed by atoms with Gasteiger partial charge in [-0.2, -0.15) is 0 Å². The summed E-state index contributed by atoms with van der Waals surface area (Å²) in [6.07, 6.45) is 1.75. The highest BCUT2D eigenvalue weighted by Crippen LogP contribution is 2.21. The first-order valence-corrected chi connectivity index (χ1v) is 3.98. The Morgan fingerprint density at radius 3 is 2.67 bits per heavy atom. The van der Waals surface area contributed by atoms with Gasteiger partial charge in [0.25, 0.3) is 0 Å². The molecule has 0 rings (SSSR count). The zero-order valence-corrected chi connectivity index (χ0v) is 7.67. The molecular formula is C9H16O3. The van der Waals surface area contributed by atoms with E-state index in [9.17, 15) is 4.79 Å². The van der Waals surface area contributed by atoms with Crippen molar-refractivity contribution in [2.24, 2.45) is 5.41 Å². The second-order valence-electron chi connectivity index (χ2n) is 3.00. The molecule has 0 aliphatic heterocycles. The molecule has 0 aliphatic rings. The van der Waals surface area contributed by atoms with Gasteiger partial charge in [-0.15, -0.1) is 6.58 Å². The number of esters is 1. The summed E-state index contributed by atoms with van der Waals surface area (Å²) >= 11 is 0. The van der Waals surface area contributed by atoms with Crippen molar-refractivity contribution >= 4 is 5.97 Å². The molecule has 70 valence electrons. The lowest BCUT2D eigenvalue weighted by molar-refractivity contribution is -0.145. The molecule has 12 heavy (non-hydrogen) atoms. The molecule has 3 heteroatoms. The van der Waals surface area contributed by atoms with Gasteiger partial charge < -0.3 is 9.84 Å². The Balaban J connectivity index is 4.02. The molecule has 0 aromatic rings. The Labute approximate surface area is 73.0 Å². The molecule has 1 unspecified atom stereocenters. The van der Waals surface area contributed by atoms with Gasteiger partial charge >= 0.3 is 5.97 Å². The molecule has 0 spiro atoms. The van der Waals surface area contributed by atoms with Crippen molar-refractivity contribution in [2.75, 3.05) is 13.2 Å². The van der Waals surface area contributed by atoms with E-state index in [-0.39, 0.29) is 19.0 Å². The predicted octanol–water partition coefficient (Wildman–Crippen LogP) is 1.12. The van der Waals surface area contributed by atoms with Crippen molar-refractivity contribution in [3.8, 4) is 0 Å². The number of aliphatic hydroxyl groups excluding tert-OH is 1. The fourth-order valence-electron chi connectivity index (χ4n) is 0.734. The Bertz CT molecular complexity index is 165. The van der Waals surface area contributed by atoms with Gasteiger partial charge in [0, 0.05) is 5.41 Å². The van der Waals surface area contributed by atoms with Crippen molar-refractivity contribution in [1.29, 1.82) is 0 Å². The van der Waals surface area contributed by atoms with E-state index in [0.29, 0.717) is 6.61 Å². The number of carbonyl (C=O) groups is 1. The van der Waals surface area contributed by atoms with E-state index in [2.05, 4.69) is 6.58 Å². The zero-order valence-electron chi connectivity index (χ0n) is 7.67. The van der Waals surface area contributed by atoms with Crippen LogP contribution < -0.4 is 0 Å². The quantitative estimate of drug-likeness (QED) is 0.499. The Hall–Kier alpha value is -0.830. The normalized spacial score (nSPS) is 14.9. The number of ether oxygens (including phenoxy) is 1. The predicted molar refractivity (Wildman–Crippen MR) is 46.6 cm³/mol. The summed E-state index contributed by atoms with van der Waals surface area (Å²) < 4.78 is 4.74. The van der Waals surface area contributed by atoms with Crippen LogP contribution in [-0.4, -0.2) is 24.3 Å². The summed E-state index contributed by atoms with van der Waals surface area (Å²) in [6, 6.07) is 0. The van der Waals surface area contributed by atoms with Gasteiger partial charge in [0.05, 0.1) is 19.6 Å². The number of aliphatic hydroxyl groups is 1. The van der Waals surface area contributed by atoms with Gasteiger partial charge in [-0.05, 0) is 6.92 Å². The first-order valence-electron chi connectivity index (χ1n) is 3.98. The average molecular weight is 172 g/mol. The minimum Gasteiger partial charge on any atom is -0.466 e.